The van der Waals surface area contributed by atoms with Crippen LogP contribution in [0.3, 0.4) is 0 Å². The van der Waals surface area contributed by atoms with Gasteiger partial charge in [-0.3, -0.25) is 4.79 Å². The number of aryl methyl sites for hydroxylation is 2. The summed E-state index contributed by atoms with van der Waals surface area (Å²) in [5, 5.41) is 3.07. The number of hydrogen-bond acceptors (Lipinski definition) is 1. The zero-order valence-corrected chi connectivity index (χ0v) is 12.3. The SMILES string of the molecule is Cc1ccc([C@H](C)NC(=O)Cc2ccccc2)c(C)c1. The zero-order chi connectivity index (χ0) is 14.5. The molecule has 1 amide bonds. The van der Waals surface area contributed by atoms with E-state index >= 15 is 0 Å². The van der Waals surface area contributed by atoms with E-state index in [4.69, 9.17) is 0 Å². The van der Waals surface area contributed by atoms with Gasteiger partial charge in [-0.05, 0) is 37.5 Å². The van der Waals surface area contributed by atoms with Crippen LogP contribution in [0.25, 0.3) is 0 Å². The Labute approximate surface area is 120 Å². The van der Waals surface area contributed by atoms with Gasteiger partial charge in [0.2, 0.25) is 5.91 Å². The van der Waals surface area contributed by atoms with Crippen LogP contribution < -0.4 is 5.32 Å². The molecule has 2 aromatic carbocycles. The molecule has 0 unspecified atom stereocenters. The molecule has 20 heavy (non-hydrogen) atoms. The van der Waals surface area contributed by atoms with Gasteiger partial charge in [-0.1, -0.05) is 54.1 Å². The fraction of sp³-hybridized carbons (Fsp3) is 0.278. The molecular weight excluding hydrogens is 246 g/mol. The fourth-order valence-electron chi connectivity index (χ4n) is 2.46. The molecule has 0 bridgehead atoms. The zero-order valence-electron chi connectivity index (χ0n) is 12.3. The second-order valence-electron chi connectivity index (χ2n) is 5.31. The molecule has 0 aliphatic heterocycles. The third kappa shape index (κ3) is 3.70. The van der Waals surface area contributed by atoms with Crippen molar-refractivity contribution in [1.82, 2.24) is 5.32 Å². The van der Waals surface area contributed by atoms with Crippen LogP contribution in [0.1, 0.15) is 35.2 Å². The third-order valence-electron chi connectivity index (χ3n) is 3.48. The van der Waals surface area contributed by atoms with Crippen LogP contribution in [0.2, 0.25) is 0 Å². The molecule has 1 N–H and O–H groups in total. The van der Waals surface area contributed by atoms with Crippen LogP contribution in [-0.4, -0.2) is 5.91 Å². The quantitative estimate of drug-likeness (QED) is 0.898. The first-order chi connectivity index (χ1) is 9.56. The molecule has 104 valence electrons. The summed E-state index contributed by atoms with van der Waals surface area (Å²) in [5.41, 5.74) is 4.68. The molecule has 0 radical (unpaired) electrons. The largest absolute Gasteiger partial charge is 0.349 e. The van der Waals surface area contributed by atoms with Crippen molar-refractivity contribution < 1.29 is 4.79 Å². The minimum absolute atomic E-state index is 0.0341. The van der Waals surface area contributed by atoms with E-state index in [0.29, 0.717) is 6.42 Å². The maximum atomic E-state index is 12.1. The first kappa shape index (κ1) is 14.3. The Kier molecular flexibility index (Phi) is 4.57. The van der Waals surface area contributed by atoms with E-state index in [1.54, 1.807) is 0 Å². The lowest BCUT2D eigenvalue weighted by molar-refractivity contribution is -0.121. The van der Waals surface area contributed by atoms with Crippen LogP contribution in [0.5, 0.6) is 0 Å². The van der Waals surface area contributed by atoms with Gasteiger partial charge in [0.1, 0.15) is 0 Å². The predicted molar refractivity (Wildman–Crippen MR) is 82.6 cm³/mol. The molecule has 1 atom stereocenters. The van der Waals surface area contributed by atoms with Crippen molar-refractivity contribution in [3.63, 3.8) is 0 Å². The third-order valence-corrected chi connectivity index (χ3v) is 3.48. The molecule has 0 fully saturated rings. The van der Waals surface area contributed by atoms with E-state index in [0.717, 1.165) is 5.56 Å². The Hall–Kier alpha value is -2.09. The lowest BCUT2D eigenvalue weighted by atomic mass is 10.00. The maximum Gasteiger partial charge on any atom is 0.224 e. The number of rotatable bonds is 4. The Morgan fingerprint density at radius 1 is 1.10 bits per heavy atom. The van der Waals surface area contributed by atoms with Crippen molar-refractivity contribution in [1.29, 1.82) is 0 Å². The Bertz CT molecular complexity index is 590. The van der Waals surface area contributed by atoms with Gasteiger partial charge >= 0.3 is 0 Å². The molecule has 2 aromatic rings. The van der Waals surface area contributed by atoms with E-state index in [2.05, 4.69) is 37.4 Å². The first-order valence-electron chi connectivity index (χ1n) is 6.96. The van der Waals surface area contributed by atoms with E-state index in [-0.39, 0.29) is 11.9 Å². The van der Waals surface area contributed by atoms with Crippen molar-refractivity contribution in [2.45, 2.75) is 33.2 Å². The Balaban J connectivity index is 2.00. The summed E-state index contributed by atoms with van der Waals surface area (Å²) in [6.07, 6.45) is 0.427. The van der Waals surface area contributed by atoms with E-state index in [1.807, 2.05) is 37.3 Å². The van der Waals surface area contributed by atoms with Crippen LogP contribution in [0.4, 0.5) is 0 Å². The molecule has 0 saturated heterocycles. The van der Waals surface area contributed by atoms with Crippen LogP contribution >= 0.6 is 0 Å². The monoisotopic (exact) mass is 267 g/mol. The van der Waals surface area contributed by atoms with Gasteiger partial charge in [0.15, 0.2) is 0 Å². The summed E-state index contributed by atoms with van der Waals surface area (Å²) in [7, 11) is 0. The number of carbonyl (C=O) groups is 1. The lowest BCUT2D eigenvalue weighted by Gasteiger charge is -2.17. The van der Waals surface area contributed by atoms with Crippen molar-refractivity contribution >= 4 is 5.91 Å². The maximum absolute atomic E-state index is 12.1. The van der Waals surface area contributed by atoms with E-state index < -0.39 is 0 Å². The first-order valence-corrected chi connectivity index (χ1v) is 6.96. The normalized spacial score (nSPS) is 11.9. The van der Waals surface area contributed by atoms with Crippen LogP contribution in [-0.2, 0) is 11.2 Å². The topological polar surface area (TPSA) is 29.1 Å². The van der Waals surface area contributed by atoms with E-state index in [9.17, 15) is 4.79 Å². The summed E-state index contributed by atoms with van der Waals surface area (Å²) < 4.78 is 0. The highest BCUT2D eigenvalue weighted by atomic mass is 16.1. The van der Waals surface area contributed by atoms with Gasteiger partial charge in [0.25, 0.3) is 0 Å². The number of amides is 1. The highest BCUT2D eigenvalue weighted by molar-refractivity contribution is 5.79. The summed E-state index contributed by atoms with van der Waals surface area (Å²) >= 11 is 0. The molecule has 0 aliphatic carbocycles. The Morgan fingerprint density at radius 3 is 2.45 bits per heavy atom. The smallest absolute Gasteiger partial charge is 0.224 e. The van der Waals surface area contributed by atoms with Gasteiger partial charge in [0.05, 0.1) is 12.5 Å². The predicted octanol–water partition coefficient (Wildman–Crippen LogP) is 3.72. The van der Waals surface area contributed by atoms with Crippen molar-refractivity contribution in [3.8, 4) is 0 Å². The van der Waals surface area contributed by atoms with Crippen molar-refractivity contribution in [3.05, 3.63) is 70.8 Å². The minimum Gasteiger partial charge on any atom is -0.349 e. The molecular formula is C18H21NO. The van der Waals surface area contributed by atoms with Gasteiger partial charge in [-0.25, -0.2) is 0 Å². The Morgan fingerprint density at radius 2 is 1.80 bits per heavy atom. The molecule has 2 rings (SSSR count). The number of carbonyl (C=O) groups excluding carboxylic acids is 1. The molecule has 0 spiro atoms. The van der Waals surface area contributed by atoms with Crippen molar-refractivity contribution in [2.24, 2.45) is 0 Å². The molecule has 0 saturated carbocycles. The molecule has 0 aliphatic rings. The average molecular weight is 267 g/mol. The van der Waals surface area contributed by atoms with Gasteiger partial charge in [0, 0.05) is 0 Å². The minimum atomic E-state index is 0.0341. The molecule has 2 heteroatoms. The van der Waals surface area contributed by atoms with Crippen LogP contribution in [0.15, 0.2) is 48.5 Å². The highest BCUT2D eigenvalue weighted by Crippen LogP contribution is 2.18. The molecule has 0 aromatic heterocycles. The summed E-state index contributed by atoms with van der Waals surface area (Å²) in [5.74, 6) is 0.0590. The molecule has 0 heterocycles. The second-order valence-corrected chi connectivity index (χ2v) is 5.31. The average Bonchev–Trinajstić information content (AvgIpc) is 2.39. The molecule has 2 nitrogen and oxygen atoms in total. The van der Waals surface area contributed by atoms with Crippen LogP contribution in [0, 0.1) is 13.8 Å². The summed E-state index contributed by atoms with van der Waals surface area (Å²) in [4.78, 5) is 12.1. The number of hydrogen-bond donors (Lipinski definition) is 1. The fourth-order valence-corrected chi connectivity index (χ4v) is 2.46. The van der Waals surface area contributed by atoms with Gasteiger partial charge in [-0.15, -0.1) is 0 Å². The van der Waals surface area contributed by atoms with Crippen molar-refractivity contribution in [2.75, 3.05) is 0 Å². The summed E-state index contributed by atoms with van der Waals surface area (Å²) in [6.45, 7) is 6.19. The highest BCUT2D eigenvalue weighted by Gasteiger charge is 2.12. The lowest BCUT2D eigenvalue weighted by Crippen LogP contribution is -2.28. The standard InChI is InChI=1S/C18H21NO/c1-13-9-10-17(14(2)11-13)15(3)19-18(20)12-16-7-5-4-6-8-16/h4-11,15H,12H2,1-3H3,(H,19,20)/t15-/m0/s1. The summed E-state index contributed by atoms with van der Waals surface area (Å²) in [6, 6.07) is 16.2. The number of benzene rings is 2. The van der Waals surface area contributed by atoms with Gasteiger partial charge in [-0.2, -0.15) is 0 Å². The van der Waals surface area contributed by atoms with E-state index in [1.165, 1.54) is 16.7 Å². The number of nitrogens with one attached hydrogen (secondary N) is 1. The second kappa shape index (κ2) is 6.38. The van der Waals surface area contributed by atoms with Gasteiger partial charge < -0.3 is 5.32 Å².